The molecule has 7 nitrogen and oxygen atoms in total. The Balaban J connectivity index is 1.64. The molecule has 0 atom stereocenters. The molecule has 0 radical (unpaired) electrons. The molecular formula is C28H29N3O4. The number of rotatable bonds is 4. The van der Waals surface area contributed by atoms with Gasteiger partial charge < -0.3 is 24.5 Å². The van der Waals surface area contributed by atoms with Crippen LogP contribution in [-0.2, 0) is 14.3 Å². The van der Waals surface area contributed by atoms with Crippen molar-refractivity contribution in [1.29, 1.82) is 5.26 Å². The number of aromatic amines is 1. The fraction of sp³-hybridized carbons (Fsp3) is 0.286. The zero-order chi connectivity index (χ0) is 24.8. The fourth-order valence-corrected chi connectivity index (χ4v) is 4.09. The molecule has 2 aliphatic heterocycles. The lowest BCUT2D eigenvalue weighted by Crippen LogP contribution is -2.26. The van der Waals surface area contributed by atoms with Gasteiger partial charge in [-0.2, -0.15) is 5.26 Å². The van der Waals surface area contributed by atoms with Gasteiger partial charge in [0.1, 0.15) is 24.5 Å². The van der Waals surface area contributed by atoms with E-state index in [1.54, 1.807) is 6.08 Å². The zero-order valence-corrected chi connectivity index (χ0v) is 19.9. The van der Waals surface area contributed by atoms with E-state index in [0.717, 1.165) is 45.8 Å². The van der Waals surface area contributed by atoms with Gasteiger partial charge in [0, 0.05) is 34.8 Å². The van der Waals surface area contributed by atoms with Crippen LogP contribution in [0, 0.1) is 11.3 Å². The summed E-state index contributed by atoms with van der Waals surface area (Å²) < 4.78 is 16.9. The van der Waals surface area contributed by atoms with Gasteiger partial charge in [0.2, 0.25) is 5.91 Å². The van der Waals surface area contributed by atoms with Crippen LogP contribution >= 0.6 is 0 Å². The summed E-state index contributed by atoms with van der Waals surface area (Å²) >= 11 is 0. The van der Waals surface area contributed by atoms with Crippen LogP contribution in [0.1, 0.15) is 36.6 Å². The van der Waals surface area contributed by atoms with Crippen LogP contribution in [0.25, 0.3) is 17.7 Å². The molecular weight excluding hydrogens is 442 g/mol. The molecule has 7 heteroatoms. The number of amides is 1. The van der Waals surface area contributed by atoms with Crippen LogP contribution in [-0.4, -0.2) is 43.4 Å². The van der Waals surface area contributed by atoms with Crippen molar-refractivity contribution in [2.45, 2.75) is 25.9 Å². The van der Waals surface area contributed by atoms with E-state index >= 15 is 0 Å². The number of nitriles is 1. The summed E-state index contributed by atoms with van der Waals surface area (Å²) in [7, 11) is 0. The summed E-state index contributed by atoms with van der Waals surface area (Å²) in [5.41, 5.74) is 4.66. The second-order valence-corrected chi connectivity index (χ2v) is 8.53. The normalized spacial score (nSPS) is 20.7. The van der Waals surface area contributed by atoms with Crippen molar-refractivity contribution in [3.63, 3.8) is 0 Å². The average molecular weight is 472 g/mol. The van der Waals surface area contributed by atoms with Crippen molar-refractivity contribution >= 4 is 23.6 Å². The lowest BCUT2D eigenvalue weighted by atomic mass is 10.0. The Morgan fingerprint density at radius 1 is 1.17 bits per heavy atom. The Morgan fingerprint density at radius 2 is 1.97 bits per heavy atom. The summed E-state index contributed by atoms with van der Waals surface area (Å²) in [6.45, 7) is 11.7. The van der Waals surface area contributed by atoms with E-state index in [9.17, 15) is 10.1 Å². The number of hydrogen-bond acceptors (Lipinski definition) is 5. The number of hydrogen-bond donors (Lipinski definition) is 2. The summed E-state index contributed by atoms with van der Waals surface area (Å²) in [4.78, 5) is 15.0. The lowest BCUT2D eigenvalue weighted by Gasteiger charge is -2.23. The summed E-state index contributed by atoms with van der Waals surface area (Å²) in [6.07, 6.45) is 7.25. The van der Waals surface area contributed by atoms with Crippen molar-refractivity contribution in [2.24, 2.45) is 0 Å². The van der Waals surface area contributed by atoms with Crippen molar-refractivity contribution in [1.82, 2.24) is 10.3 Å². The Labute approximate surface area is 204 Å². The number of carbonyl (C=O) groups is 1. The van der Waals surface area contributed by atoms with Gasteiger partial charge in [-0.05, 0) is 54.0 Å². The highest BCUT2D eigenvalue weighted by Crippen LogP contribution is 2.25. The first-order valence-corrected chi connectivity index (χ1v) is 11.6. The van der Waals surface area contributed by atoms with Crippen LogP contribution in [0.4, 0.5) is 0 Å². The Hall–Kier alpha value is -3.86. The predicted octanol–water partition coefficient (Wildman–Crippen LogP) is 2.67. The predicted molar refractivity (Wildman–Crippen MR) is 135 cm³/mol. The Morgan fingerprint density at radius 3 is 2.74 bits per heavy atom. The van der Waals surface area contributed by atoms with Crippen molar-refractivity contribution < 1.29 is 19.0 Å². The van der Waals surface area contributed by atoms with Crippen molar-refractivity contribution in [2.75, 3.05) is 26.4 Å². The van der Waals surface area contributed by atoms with Gasteiger partial charge in [0.15, 0.2) is 0 Å². The third kappa shape index (κ3) is 5.99. The van der Waals surface area contributed by atoms with Gasteiger partial charge in [0.25, 0.3) is 0 Å². The van der Waals surface area contributed by atoms with E-state index < -0.39 is 0 Å². The topological polar surface area (TPSA) is 96.4 Å². The molecule has 2 aromatic rings. The van der Waals surface area contributed by atoms with Gasteiger partial charge in [-0.15, -0.1) is 0 Å². The summed E-state index contributed by atoms with van der Waals surface area (Å²) in [6, 6.07) is 10.00. The number of aromatic nitrogens is 1. The minimum atomic E-state index is -0.232. The molecule has 0 bridgehead atoms. The molecule has 0 spiro atoms. The molecule has 0 unspecified atom stereocenters. The molecule has 180 valence electrons. The first-order chi connectivity index (χ1) is 16.9. The minimum Gasteiger partial charge on any atom is -0.489 e. The molecule has 2 N–H and O–H groups in total. The van der Waals surface area contributed by atoms with Gasteiger partial charge in [0.05, 0.1) is 25.4 Å². The van der Waals surface area contributed by atoms with Crippen LogP contribution < -0.4 is 20.6 Å². The van der Waals surface area contributed by atoms with Gasteiger partial charge in [-0.25, -0.2) is 0 Å². The zero-order valence-electron chi connectivity index (χ0n) is 19.9. The number of carbonyl (C=O) groups excluding carboxylic acids is 1. The molecule has 35 heavy (non-hydrogen) atoms. The van der Waals surface area contributed by atoms with E-state index in [4.69, 9.17) is 14.2 Å². The Kier molecular flexibility index (Phi) is 7.66. The first-order valence-electron chi connectivity index (χ1n) is 11.6. The third-order valence-electron chi connectivity index (χ3n) is 6.03. The van der Waals surface area contributed by atoms with Crippen molar-refractivity contribution in [3.8, 4) is 11.8 Å². The smallest absolute Gasteiger partial charge is 0.250 e. The molecule has 3 heterocycles. The van der Waals surface area contributed by atoms with E-state index in [1.165, 1.54) is 0 Å². The molecule has 2 aliphatic rings. The molecule has 0 aliphatic carbocycles. The molecule has 1 aromatic heterocycles. The monoisotopic (exact) mass is 471 g/mol. The number of allylic oxidation sites excluding steroid dienone is 3. The maximum atomic E-state index is 11.7. The summed E-state index contributed by atoms with van der Waals surface area (Å²) in [5.74, 6) is 0.370. The average Bonchev–Trinajstić information content (AvgIpc) is 3.25. The molecule has 1 saturated heterocycles. The Bertz CT molecular complexity index is 1340. The SMILES string of the molecule is C=C1/C=C\C(c2c/c(=C(/C)c3ccc(OC4CCOCC4)c(C#N)c3)c(=C)[nH]2)=C/COCC(=O)N1. The first kappa shape index (κ1) is 24.3. The van der Waals surface area contributed by atoms with Crippen LogP contribution in [0.2, 0.25) is 0 Å². The second kappa shape index (κ2) is 11.0. The fourth-order valence-electron chi connectivity index (χ4n) is 4.09. The van der Waals surface area contributed by atoms with E-state index in [-0.39, 0.29) is 18.6 Å². The molecule has 4 rings (SSSR count). The number of H-pyrrole nitrogens is 1. The number of nitrogens with zero attached hydrogens (tertiary/aromatic N) is 1. The highest BCUT2D eigenvalue weighted by Gasteiger charge is 2.17. The van der Waals surface area contributed by atoms with E-state index in [0.29, 0.717) is 36.8 Å². The molecule has 0 saturated carbocycles. The van der Waals surface area contributed by atoms with Crippen LogP contribution in [0.3, 0.4) is 0 Å². The lowest BCUT2D eigenvalue weighted by molar-refractivity contribution is -0.124. The maximum absolute atomic E-state index is 11.7. The summed E-state index contributed by atoms with van der Waals surface area (Å²) in [5, 5.41) is 14.1. The van der Waals surface area contributed by atoms with Crippen LogP contribution in [0.15, 0.2) is 54.8 Å². The molecule has 1 aromatic carbocycles. The standard InChI is InChI=1S/C28H29N3O4/c1-18-4-5-21(8-11-34-17-28(32)30-18)26-15-25(20(3)31-26)19(2)22-6-7-27(23(14-22)16-29)35-24-9-12-33-13-10-24/h4-8,14-15,24,31H,1,3,9-13,17H2,2H3,(H,30,32)/b5-4-,21-8+,25-19+. The largest absolute Gasteiger partial charge is 0.489 e. The van der Waals surface area contributed by atoms with Gasteiger partial charge in [-0.1, -0.05) is 25.3 Å². The molecule has 1 amide bonds. The third-order valence-corrected chi connectivity index (χ3v) is 6.03. The maximum Gasteiger partial charge on any atom is 0.250 e. The number of ether oxygens (including phenoxy) is 3. The quantitative estimate of drug-likeness (QED) is 0.715. The number of nitrogens with one attached hydrogen (secondary N) is 2. The number of benzene rings is 1. The highest BCUT2D eigenvalue weighted by molar-refractivity contribution is 5.80. The van der Waals surface area contributed by atoms with Gasteiger partial charge in [-0.3, -0.25) is 4.79 Å². The van der Waals surface area contributed by atoms with Gasteiger partial charge >= 0.3 is 0 Å². The van der Waals surface area contributed by atoms with E-state index in [2.05, 4.69) is 29.5 Å². The van der Waals surface area contributed by atoms with Crippen molar-refractivity contribution in [3.05, 3.63) is 82.2 Å². The minimum absolute atomic E-state index is 0.0322. The van der Waals surface area contributed by atoms with Crippen LogP contribution in [0.5, 0.6) is 5.75 Å². The molecule has 1 fully saturated rings. The highest BCUT2D eigenvalue weighted by atomic mass is 16.5. The second-order valence-electron chi connectivity index (χ2n) is 8.53. The van der Waals surface area contributed by atoms with E-state index in [1.807, 2.05) is 43.3 Å².